The van der Waals surface area contributed by atoms with Gasteiger partial charge in [-0.15, -0.1) is 10.2 Å². The summed E-state index contributed by atoms with van der Waals surface area (Å²) < 4.78 is 1.86. The van der Waals surface area contributed by atoms with Crippen LogP contribution in [0.25, 0.3) is 0 Å². The van der Waals surface area contributed by atoms with Gasteiger partial charge in [-0.2, -0.15) is 0 Å². The van der Waals surface area contributed by atoms with E-state index in [0.29, 0.717) is 31.8 Å². The van der Waals surface area contributed by atoms with Crippen molar-refractivity contribution in [1.82, 2.24) is 25.0 Å². The summed E-state index contributed by atoms with van der Waals surface area (Å²) in [6, 6.07) is -0.263. The van der Waals surface area contributed by atoms with E-state index >= 15 is 0 Å². The molecule has 8 heteroatoms. The van der Waals surface area contributed by atoms with Crippen molar-refractivity contribution in [3.05, 3.63) is 12.2 Å². The molecule has 0 spiro atoms. The number of rotatable bonds is 4. The number of carbonyl (C=O) groups is 2. The van der Waals surface area contributed by atoms with Crippen LogP contribution >= 0.6 is 0 Å². The Kier molecular flexibility index (Phi) is 4.77. The minimum Gasteiger partial charge on any atom is -0.481 e. The number of hydrogen-bond acceptors (Lipinski definition) is 4. The van der Waals surface area contributed by atoms with Gasteiger partial charge in [-0.3, -0.25) is 4.79 Å². The molecule has 8 nitrogen and oxygen atoms in total. The van der Waals surface area contributed by atoms with E-state index in [9.17, 15) is 9.59 Å². The third-order valence-corrected chi connectivity index (χ3v) is 3.92. The van der Waals surface area contributed by atoms with E-state index in [1.165, 1.54) is 0 Å². The van der Waals surface area contributed by atoms with Gasteiger partial charge in [0, 0.05) is 19.1 Å². The van der Waals surface area contributed by atoms with Crippen LogP contribution in [0, 0.1) is 5.92 Å². The summed E-state index contributed by atoms with van der Waals surface area (Å²) in [5.41, 5.74) is 0. The van der Waals surface area contributed by atoms with Gasteiger partial charge in [0.2, 0.25) is 0 Å². The summed E-state index contributed by atoms with van der Waals surface area (Å²) in [7, 11) is 0. The Morgan fingerprint density at radius 1 is 1.52 bits per heavy atom. The molecule has 2 atom stereocenters. The minimum absolute atomic E-state index is 0.0797. The molecular formula is C13H21N5O3. The largest absolute Gasteiger partial charge is 0.481 e. The summed E-state index contributed by atoms with van der Waals surface area (Å²) in [5, 5.41) is 19.6. The van der Waals surface area contributed by atoms with Gasteiger partial charge < -0.3 is 19.9 Å². The Balaban J connectivity index is 1.88. The molecule has 1 aliphatic rings. The Labute approximate surface area is 123 Å². The lowest BCUT2D eigenvalue weighted by atomic mass is 9.92. The first-order valence-corrected chi connectivity index (χ1v) is 7.16. The number of amides is 2. The highest BCUT2D eigenvalue weighted by Gasteiger charge is 2.32. The standard InChI is InChI=1S/C13H21N5O3/c1-3-17-8-15-16-11(17)7-14-13(21)18-5-4-10(12(19)20)6-9(18)2/h8-10H,3-7H2,1-2H3,(H,14,21)(H,19,20). The fraction of sp³-hybridized carbons (Fsp3) is 0.692. The van der Waals surface area contributed by atoms with Gasteiger partial charge in [0.25, 0.3) is 0 Å². The molecule has 2 unspecified atom stereocenters. The molecule has 0 saturated carbocycles. The number of aromatic nitrogens is 3. The second kappa shape index (κ2) is 6.55. The zero-order valence-corrected chi connectivity index (χ0v) is 12.3. The first kappa shape index (κ1) is 15.3. The number of carboxylic acid groups (broad SMARTS) is 1. The maximum Gasteiger partial charge on any atom is 0.318 e. The molecule has 0 radical (unpaired) electrons. The van der Waals surface area contributed by atoms with E-state index in [1.807, 2.05) is 18.4 Å². The molecule has 2 N–H and O–H groups in total. The predicted octanol–water partition coefficient (Wildman–Crippen LogP) is 0.693. The zero-order valence-electron chi connectivity index (χ0n) is 12.3. The molecule has 2 rings (SSSR count). The van der Waals surface area contributed by atoms with Crippen molar-refractivity contribution < 1.29 is 14.7 Å². The van der Waals surface area contributed by atoms with Crippen molar-refractivity contribution in [3.63, 3.8) is 0 Å². The van der Waals surface area contributed by atoms with E-state index < -0.39 is 5.97 Å². The number of carboxylic acids is 1. The lowest BCUT2D eigenvalue weighted by molar-refractivity contribution is -0.143. The summed E-state index contributed by atoms with van der Waals surface area (Å²) in [5.74, 6) is -0.427. The Hall–Kier alpha value is -2.12. The van der Waals surface area contributed by atoms with Crippen LogP contribution in [-0.2, 0) is 17.9 Å². The number of nitrogens with zero attached hydrogens (tertiary/aromatic N) is 4. The third kappa shape index (κ3) is 3.50. The summed E-state index contributed by atoms with van der Waals surface area (Å²) in [4.78, 5) is 24.9. The predicted molar refractivity (Wildman–Crippen MR) is 74.5 cm³/mol. The third-order valence-electron chi connectivity index (χ3n) is 3.92. The highest BCUT2D eigenvalue weighted by molar-refractivity contribution is 5.75. The summed E-state index contributed by atoms with van der Waals surface area (Å²) in [6.07, 6.45) is 2.62. The van der Waals surface area contributed by atoms with Crippen LogP contribution in [0.15, 0.2) is 6.33 Å². The fourth-order valence-electron chi connectivity index (χ4n) is 2.63. The molecule has 116 valence electrons. The van der Waals surface area contributed by atoms with Crippen molar-refractivity contribution >= 4 is 12.0 Å². The smallest absolute Gasteiger partial charge is 0.318 e. The topological polar surface area (TPSA) is 100 Å². The quantitative estimate of drug-likeness (QED) is 0.851. The maximum absolute atomic E-state index is 12.2. The lowest BCUT2D eigenvalue weighted by Gasteiger charge is -2.36. The average Bonchev–Trinajstić information content (AvgIpc) is 2.91. The van der Waals surface area contributed by atoms with Gasteiger partial charge in [-0.25, -0.2) is 4.79 Å². The molecule has 0 bridgehead atoms. The first-order valence-electron chi connectivity index (χ1n) is 7.16. The molecule has 1 saturated heterocycles. The first-order chi connectivity index (χ1) is 10.0. The number of nitrogens with one attached hydrogen (secondary N) is 1. The van der Waals surface area contributed by atoms with Gasteiger partial charge >= 0.3 is 12.0 Å². The van der Waals surface area contributed by atoms with Gasteiger partial charge in [-0.1, -0.05) is 0 Å². The number of aryl methyl sites for hydroxylation is 1. The molecule has 21 heavy (non-hydrogen) atoms. The highest BCUT2D eigenvalue weighted by Crippen LogP contribution is 2.22. The highest BCUT2D eigenvalue weighted by atomic mass is 16.4. The van der Waals surface area contributed by atoms with E-state index in [2.05, 4.69) is 15.5 Å². The van der Waals surface area contributed by atoms with Crippen LogP contribution in [0.2, 0.25) is 0 Å². The summed E-state index contributed by atoms with van der Waals surface area (Å²) in [6.45, 7) is 5.39. The van der Waals surface area contributed by atoms with Crippen molar-refractivity contribution in [1.29, 1.82) is 0 Å². The van der Waals surface area contributed by atoms with Crippen molar-refractivity contribution in [3.8, 4) is 0 Å². The van der Waals surface area contributed by atoms with Crippen LogP contribution in [0.4, 0.5) is 4.79 Å². The fourth-order valence-corrected chi connectivity index (χ4v) is 2.63. The number of urea groups is 1. The van der Waals surface area contributed by atoms with E-state index in [4.69, 9.17) is 5.11 Å². The van der Waals surface area contributed by atoms with Crippen molar-refractivity contribution in [2.24, 2.45) is 5.92 Å². The minimum atomic E-state index is -0.780. The monoisotopic (exact) mass is 295 g/mol. The molecule has 1 aromatic rings. The molecule has 2 heterocycles. The maximum atomic E-state index is 12.2. The second-order valence-corrected chi connectivity index (χ2v) is 5.29. The van der Waals surface area contributed by atoms with Gasteiger partial charge in [-0.05, 0) is 26.7 Å². The van der Waals surface area contributed by atoms with E-state index in [0.717, 1.165) is 6.54 Å². The van der Waals surface area contributed by atoms with E-state index in [-0.39, 0.29) is 18.0 Å². The van der Waals surface area contributed by atoms with Gasteiger partial charge in [0.05, 0.1) is 12.5 Å². The molecule has 0 aliphatic carbocycles. The molecule has 1 fully saturated rings. The van der Waals surface area contributed by atoms with Crippen LogP contribution in [0.5, 0.6) is 0 Å². The molecule has 2 amide bonds. The van der Waals surface area contributed by atoms with Crippen LogP contribution in [0.1, 0.15) is 32.5 Å². The van der Waals surface area contributed by atoms with Crippen molar-refractivity contribution in [2.45, 2.75) is 45.8 Å². The second-order valence-electron chi connectivity index (χ2n) is 5.29. The normalized spacial score (nSPS) is 22.1. The van der Waals surface area contributed by atoms with Gasteiger partial charge in [0.1, 0.15) is 6.33 Å². The molecule has 0 aromatic carbocycles. The Bertz CT molecular complexity index is 516. The number of hydrogen-bond donors (Lipinski definition) is 2. The molecule has 1 aliphatic heterocycles. The molecule has 1 aromatic heterocycles. The molecular weight excluding hydrogens is 274 g/mol. The summed E-state index contributed by atoms with van der Waals surface area (Å²) >= 11 is 0. The lowest BCUT2D eigenvalue weighted by Crippen LogP contribution is -2.50. The van der Waals surface area contributed by atoms with E-state index in [1.54, 1.807) is 11.2 Å². The Morgan fingerprint density at radius 2 is 2.29 bits per heavy atom. The number of carbonyl (C=O) groups excluding carboxylic acids is 1. The zero-order chi connectivity index (χ0) is 15.4. The number of aliphatic carboxylic acids is 1. The van der Waals surface area contributed by atoms with Crippen molar-refractivity contribution in [2.75, 3.05) is 6.54 Å². The van der Waals surface area contributed by atoms with Gasteiger partial charge in [0.15, 0.2) is 5.82 Å². The van der Waals surface area contributed by atoms with Crippen LogP contribution < -0.4 is 5.32 Å². The average molecular weight is 295 g/mol. The SMILES string of the molecule is CCn1cnnc1CNC(=O)N1CCC(C(=O)O)CC1C. The van der Waals surface area contributed by atoms with Crippen LogP contribution in [-0.4, -0.2) is 49.4 Å². The number of piperidine rings is 1. The Morgan fingerprint density at radius 3 is 2.90 bits per heavy atom. The van der Waals surface area contributed by atoms with Crippen LogP contribution in [0.3, 0.4) is 0 Å². The number of likely N-dealkylation sites (tertiary alicyclic amines) is 1.